The van der Waals surface area contributed by atoms with Crippen molar-refractivity contribution in [1.82, 2.24) is 10.3 Å². The molecule has 0 atom stereocenters. The summed E-state index contributed by atoms with van der Waals surface area (Å²) in [5.74, 6) is 0.635. The first-order chi connectivity index (χ1) is 10.7. The molecule has 1 amide bonds. The minimum absolute atomic E-state index is 0.0963. The van der Waals surface area contributed by atoms with Crippen LogP contribution in [0.2, 0.25) is 0 Å². The van der Waals surface area contributed by atoms with Gasteiger partial charge in [0.2, 0.25) is 0 Å². The second kappa shape index (κ2) is 5.93. The van der Waals surface area contributed by atoms with Gasteiger partial charge >= 0.3 is 0 Å². The largest absolute Gasteiger partial charge is 0.495 e. The second-order valence-corrected chi connectivity index (χ2v) is 5.26. The molecule has 0 aliphatic heterocycles. The molecule has 2 N–H and O–H groups in total. The standard InChI is InChI=1S/C18H18N2O2/c1-12-5-3-6-13(9-12)10-20-18(21)15-11-19-17-14(15)7-4-8-16(17)22-2/h3-9,11,19H,10H2,1-2H3,(H,20,21). The van der Waals surface area contributed by atoms with Crippen molar-refractivity contribution in [1.29, 1.82) is 0 Å². The lowest BCUT2D eigenvalue weighted by molar-refractivity contribution is 0.0952. The van der Waals surface area contributed by atoms with Gasteiger partial charge in [0.05, 0.1) is 18.2 Å². The van der Waals surface area contributed by atoms with E-state index in [0.717, 1.165) is 22.2 Å². The highest BCUT2D eigenvalue weighted by Crippen LogP contribution is 2.26. The Morgan fingerprint density at radius 1 is 1.23 bits per heavy atom. The highest BCUT2D eigenvalue weighted by Gasteiger charge is 2.13. The summed E-state index contributed by atoms with van der Waals surface area (Å²) in [4.78, 5) is 15.5. The lowest BCUT2D eigenvalue weighted by Crippen LogP contribution is -2.22. The summed E-state index contributed by atoms with van der Waals surface area (Å²) < 4.78 is 5.30. The molecule has 0 spiro atoms. The highest BCUT2D eigenvalue weighted by atomic mass is 16.5. The Balaban J connectivity index is 1.81. The van der Waals surface area contributed by atoms with Crippen LogP contribution in [0, 0.1) is 6.92 Å². The minimum atomic E-state index is -0.0963. The zero-order valence-corrected chi connectivity index (χ0v) is 12.6. The molecule has 0 saturated carbocycles. The Morgan fingerprint density at radius 2 is 2.05 bits per heavy atom. The Hall–Kier alpha value is -2.75. The number of aryl methyl sites for hydroxylation is 1. The van der Waals surface area contributed by atoms with E-state index in [-0.39, 0.29) is 5.91 Å². The van der Waals surface area contributed by atoms with Crippen LogP contribution in [0.3, 0.4) is 0 Å². The number of H-pyrrole nitrogens is 1. The van der Waals surface area contributed by atoms with E-state index in [1.165, 1.54) is 5.56 Å². The second-order valence-electron chi connectivity index (χ2n) is 5.26. The smallest absolute Gasteiger partial charge is 0.253 e. The number of nitrogens with one attached hydrogen (secondary N) is 2. The zero-order valence-electron chi connectivity index (χ0n) is 12.6. The summed E-state index contributed by atoms with van der Waals surface area (Å²) in [5, 5.41) is 3.82. The Labute approximate surface area is 129 Å². The third kappa shape index (κ3) is 2.68. The number of fused-ring (bicyclic) bond motifs is 1. The van der Waals surface area contributed by atoms with E-state index < -0.39 is 0 Å². The molecule has 0 unspecified atom stereocenters. The fourth-order valence-corrected chi connectivity index (χ4v) is 2.58. The molecular weight excluding hydrogens is 276 g/mol. The van der Waals surface area contributed by atoms with Crippen molar-refractivity contribution in [2.75, 3.05) is 7.11 Å². The van der Waals surface area contributed by atoms with Crippen molar-refractivity contribution in [2.45, 2.75) is 13.5 Å². The van der Waals surface area contributed by atoms with Gasteiger partial charge in [0.1, 0.15) is 5.75 Å². The van der Waals surface area contributed by atoms with Gasteiger partial charge in [-0.25, -0.2) is 0 Å². The van der Waals surface area contributed by atoms with E-state index in [1.54, 1.807) is 13.3 Å². The molecule has 0 fully saturated rings. The van der Waals surface area contributed by atoms with Gasteiger partial charge in [0.15, 0.2) is 0 Å². The number of benzene rings is 2. The summed E-state index contributed by atoms with van der Waals surface area (Å²) in [6.07, 6.45) is 1.72. The van der Waals surface area contributed by atoms with Crippen LogP contribution in [0.1, 0.15) is 21.5 Å². The summed E-state index contributed by atoms with van der Waals surface area (Å²) >= 11 is 0. The third-order valence-electron chi connectivity index (χ3n) is 3.68. The molecule has 4 nitrogen and oxygen atoms in total. The van der Waals surface area contributed by atoms with Crippen molar-refractivity contribution in [2.24, 2.45) is 0 Å². The molecule has 0 aliphatic rings. The Morgan fingerprint density at radius 3 is 2.82 bits per heavy atom. The van der Waals surface area contributed by atoms with Crippen LogP contribution in [0.5, 0.6) is 5.75 Å². The molecule has 1 aromatic heterocycles. The van der Waals surface area contributed by atoms with Crippen LogP contribution >= 0.6 is 0 Å². The number of carbonyl (C=O) groups is 1. The number of ether oxygens (including phenoxy) is 1. The van der Waals surface area contributed by atoms with Crippen molar-refractivity contribution in [3.63, 3.8) is 0 Å². The maximum atomic E-state index is 12.4. The van der Waals surface area contributed by atoms with Gasteiger partial charge < -0.3 is 15.0 Å². The lowest BCUT2D eigenvalue weighted by atomic mass is 10.1. The van der Waals surface area contributed by atoms with Crippen LogP contribution in [0.15, 0.2) is 48.7 Å². The van der Waals surface area contributed by atoms with Gasteiger partial charge in [0, 0.05) is 18.1 Å². The lowest BCUT2D eigenvalue weighted by Gasteiger charge is -2.06. The number of hydrogen-bond acceptors (Lipinski definition) is 2. The number of aromatic amines is 1. The summed E-state index contributed by atoms with van der Waals surface area (Å²) in [6, 6.07) is 13.8. The number of carbonyl (C=O) groups excluding carboxylic acids is 1. The van der Waals surface area contributed by atoms with Gasteiger partial charge in [-0.3, -0.25) is 4.79 Å². The van der Waals surface area contributed by atoms with Crippen LogP contribution in [0.25, 0.3) is 10.9 Å². The van der Waals surface area contributed by atoms with Gasteiger partial charge in [-0.05, 0) is 18.6 Å². The maximum absolute atomic E-state index is 12.4. The van der Waals surface area contributed by atoms with Crippen LogP contribution in [-0.2, 0) is 6.54 Å². The fraction of sp³-hybridized carbons (Fsp3) is 0.167. The topological polar surface area (TPSA) is 54.1 Å². The average molecular weight is 294 g/mol. The average Bonchev–Trinajstić information content (AvgIpc) is 2.96. The van der Waals surface area contributed by atoms with Gasteiger partial charge in [-0.1, -0.05) is 42.0 Å². The Bertz CT molecular complexity index is 821. The molecule has 0 bridgehead atoms. The minimum Gasteiger partial charge on any atom is -0.495 e. The van der Waals surface area contributed by atoms with E-state index in [1.807, 2.05) is 43.3 Å². The molecule has 22 heavy (non-hydrogen) atoms. The van der Waals surface area contributed by atoms with Crippen LogP contribution in [-0.4, -0.2) is 18.0 Å². The maximum Gasteiger partial charge on any atom is 0.253 e. The normalized spacial score (nSPS) is 10.6. The SMILES string of the molecule is COc1cccc2c(C(=O)NCc3cccc(C)c3)c[nH]c12. The van der Waals surface area contributed by atoms with E-state index in [4.69, 9.17) is 4.74 Å². The summed E-state index contributed by atoms with van der Waals surface area (Å²) in [6.45, 7) is 2.55. The first-order valence-corrected chi connectivity index (χ1v) is 7.17. The first kappa shape index (κ1) is 14.2. The zero-order chi connectivity index (χ0) is 15.5. The third-order valence-corrected chi connectivity index (χ3v) is 3.68. The molecule has 3 rings (SSSR count). The van der Waals surface area contributed by atoms with Crippen molar-refractivity contribution in [3.8, 4) is 5.75 Å². The first-order valence-electron chi connectivity index (χ1n) is 7.17. The van der Waals surface area contributed by atoms with Crippen molar-refractivity contribution in [3.05, 3.63) is 65.4 Å². The van der Waals surface area contributed by atoms with Gasteiger partial charge in [0.25, 0.3) is 5.91 Å². The fourth-order valence-electron chi connectivity index (χ4n) is 2.58. The quantitative estimate of drug-likeness (QED) is 0.774. The molecule has 0 aliphatic carbocycles. The monoisotopic (exact) mass is 294 g/mol. The molecular formula is C18H18N2O2. The van der Waals surface area contributed by atoms with E-state index in [0.29, 0.717) is 12.1 Å². The number of aromatic nitrogens is 1. The van der Waals surface area contributed by atoms with Crippen molar-refractivity contribution < 1.29 is 9.53 Å². The highest BCUT2D eigenvalue weighted by molar-refractivity contribution is 6.07. The number of amides is 1. The van der Waals surface area contributed by atoms with E-state index in [9.17, 15) is 4.79 Å². The van der Waals surface area contributed by atoms with Gasteiger partial charge in [-0.15, -0.1) is 0 Å². The van der Waals surface area contributed by atoms with Crippen LogP contribution < -0.4 is 10.1 Å². The number of para-hydroxylation sites is 1. The van der Waals surface area contributed by atoms with Crippen LogP contribution in [0.4, 0.5) is 0 Å². The van der Waals surface area contributed by atoms with E-state index >= 15 is 0 Å². The number of methoxy groups -OCH3 is 1. The van der Waals surface area contributed by atoms with Crippen molar-refractivity contribution >= 4 is 16.8 Å². The van der Waals surface area contributed by atoms with Gasteiger partial charge in [-0.2, -0.15) is 0 Å². The molecule has 0 saturated heterocycles. The summed E-state index contributed by atoms with van der Waals surface area (Å²) in [5.41, 5.74) is 3.74. The molecule has 4 heteroatoms. The molecule has 2 aromatic carbocycles. The predicted octanol–water partition coefficient (Wildman–Crippen LogP) is 3.41. The number of hydrogen-bond donors (Lipinski definition) is 2. The number of rotatable bonds is 4. The molecule has 3 aromatic rings. The molecule has 112 valence electrons. The summed E-state index contributed by atoms with van der Waals surface area (Å²) in [7, 11) is 1.62. The molecule has 1 heterocycles. The predicted molar refractivity (Wildman–Crippen MR) is 87.2 cm³/mol. The molecule has 0 radical (unpaired) electrons. The Kier molecular flexibility index (Phi) is 3.83. The van der Waals surface area contributed by atoms with E-state index in [2.05, 4.69) is 16.4 Å².